The van der Waals surface area contributed by atoms with Crippen LogP contribution in [0.4, 0.5) is 0 Å². The van der Waals surface area contributed by atoms with Gasteiger partial charge in [0.25, 0.3) is 11.1 Å². The summed E-state index contributed by atoms with van der Waals surface area (Å²) in [6.07, 6.45) is 0. The summed E-state index contributed by atoms with van der Waals surface area (Å²) in [5, 5.41) is 19.5. The average molecular weight is 524 g/mol. The molecule has 4 aromatic rings. The van der Waals surface area contributed by atoms with E-state index in [9.17, 15) is 29.4 Å². The van der Waals surface area contributed by atoms with E-state index < -0.39 is 23.1 Å². The molecule has 4 rings (SSSR count). The number of ether oxygens (including phenoxy) is 4. The highest BCUT2D eigenvalue weighted by molar-refractivity contribution is 5.90. The molecule has 38 heavy (non-hydrogen) atoms. The number of phenols is 2. The number of phenolic OH excluding ortho intramolecular Hbond substituents is 2. The van der Waals surface area contributed by atoms with E-state index in [0.29, 0.717) is 0 Å². The van der Waals surface area contributed by atoms with Gasteiger partial charge in [-0.1, -0.05) is 0 Å². The molecule has 12 heteroatoms. The molecule has 2 aromatic heterocycles. The molecule has 2 aromatic carbocycles. The van der Waals surface area contributed by atoms with E-state index in [1.165, 1.54) is 69.0 Å². The molecule has 0 amide bonds. The summed E-state index contributed by atoms with van der Waals surface area (Å²) in [6.45, 7) is 2.23. The van der Waals surface area contributed by atoms with E-state index in [2.05, 4.69) is 0 Å². The summed E-state index contributed by atoms with van der Waals surface area (Å²) in [4.78, 5) is 51.0. The van der Waals surface area contributed by atoms with Crippen LogP contribution in [0.5, 0.6) is 23.0 Å². The molecule has 0 aliphatic carbocycles. The van der Waals surface area contributed by atoms with Crippen molar-refractivity contribution in [3.8, 4) is 23.0 Å². The van der Waals surface area contributed by atoms with Crippen LogP contribution in [0, 0.1) is 13.8 Å². The van der Waals surface area contributed by atoms with Crippen molar-refractivity contribution in [2.75, 3.05) is 14.2 Å². The van der Waals surface area contributed by atoms with Crippen LogP contribution in [-0.4, -0.2) is 45.4 Å². The zero-order valence-corrected chi connectivity index (χ0v) is 20.9. The normalized spacial score (nSPS) is 10.9. The molecule has 0 spiro atoms. The van der Waals surface area contributed by atoms with Gasteiger partial charge >= 0.3 is 11.9 Å². The second-order valence-electron chi connectivity index (χ2n) is 8.30. The van der Waals surface area contributed by atoms with Crippen molar-refractivity contribution in [2.45, 2.75) is 27.1 Å². The number of hydrogen-bond donors (Lipinski definition) is 2. The van der Waals surface area contributed by atoms with Crippen molar-refractivity contribution >= 4 is 11.9 Å². The Hall–Kier alpha value is -5.00. The number of aromatic hydroxyl groups is 2. The maximum atomic E-state index is 12.8. The predicted molar refractivity (Wildman–Crippen MR) is 132 cm³/mol. The number of methoxy groups -OCH3 is 2. The molecule has 0 aliphatic heterocycles. The SMILES string of the molecule is COc1cc(C(=O)OCc2c(C)c(=O)n3c(=O)c(C)c(COC(=O)c4ccc(O)c(OC)c4)n23)ccc1O. The number of fused-ring (bicyclic) bond motifs is 1. The fourth-order valence-electron chi connectivity index (χ4n) is 3.94. The number of aromatic nitrogens is 2. The predicted octanol–water partition coefficient (Wildman–Crippen LogP) is 1.96. The van der Waals surface area contributed by atoms with E-state index in [-0.39, 0.29) is 69.9 Å². The number of hydrogen-bond acceptors (Lipinski definition) is 10. The lowest BCUT2D eigenvalue weighted by Gasteiger charge is -2.10. The Morgan fingerprint density at radius 2 is 1.11 bits per heavy atom. The van der Waals surface area contributed by atoms with E-state index in [1.807, 2.05) is 0 Å². The monoisotopic (exact) mass is 524 g/mol. The van der Waals surface area contributed by atoms with Gasteiger partial charge in [-0.15, -0.1) is 0 Å². The van der Waals surface area contributed by atoms with Crippen LogP contribution in [0.2, 0.25) is 0 Å². The number of rotatable bonds is 8. The van der Waals surface area contributed by atoms with Gasteiger partial charge in [-0.2, -0.15) is 4.52 Å². The molecule has 0 radical (unpaired) electrons. The molecular weight excluding hydrogens is 500 g/mol. The van der Waals surface area contributed by atoms with Crippen molar-refractivity contribution in [3.63, 3.8) is 0 Å². The Balaban J connectivity index is 1.63. The minimum Gasteiger partial charge on any atom is -0.504 e. The van der Waals surface area contributed by atoms with E-state index in [4.69, 9.17) is 18.9 Å². The smallest absolute Gasteiger partial charge is 0.338 e. The van der Waals surface area contributed by atoms with Gasteiger partial charge in [0, 0.05) is 11.1 Å². The number of carbonyl (C=O) groups is 2. The molecule has 0 saturated carbocycles. The molecule has 0 atom stereocenters. The van der Waals surface area contributed by atoms with Crippen LogP contribution >= 0.6 is 0 Å². The van der Waals surface area contributed by atoms with E-state index >= 15 is 0 Å². The van der Waals surface area contributed by atoms with Crippen molar-refractivity contribution < 1.29 is 38.7 Å². The molecule has 12 nitrogen and oxygen atoms in total. The molecular formula is C26H24N2O10. The number of esters is 2. The van der Waals surface area contributed by atoms with Crippen LogP contribution in [-0.2, 0) is 22.7 Å². The number of benzene rings is 2. The minimum absolute atomic E-state index is 0.0797. The highest BCUT2D eigenvalue weighted by atomic mass is 16.5. The molecule has 0 aliphatic rings. The zero-order chi connectivity index (χ0) is 27.7. The average Bonchev–Trinajstić information content (AvgIpc) is 3.30. The highest BCUT2D eigenvalue weighted by Gasteiger charge is 2.25. The van der Waals surface area contributed by atoms with Gasteiger partial charge in [-0.05, 0) is 50.2 Å². The largest absolute Gasteiger partial charge is 0.504 e. The fraction of sp³-hybridized carbons (Fsp3) is 0.231. The fourth-order valence-corrected chi connectivity index (χ4v) is 3.94. The van der Waals surface area contributed by atoms with Gasteiger partial charge < -0.3 is 29.2 Å². The third kappa shape index (κ3) is 4.47. The lowest BCUT2D eigenvalue weighted by molar-refractivity contribution is 0.0458. The Morgan fingerprint density at radius 1 is 0.711 bits per heavy atom. The third-order valence-electron chi connectivity index (χ3n) is 6.11. The maximum absolute atomic E-state index is 12.8. The first-order valence-corrected chi connectivity index (χ1v) is 11.3. The van der Waals surface area contributed by atoms with Gasteiger partial charge in [0.05, 0.1) is 36.7 Å². The van der Waals surface area contributed by atoms with Crippen molar-refractivity contribution in [2.24, 2.45) is 0 Å². The Bertz CT molecular complexity index is 1550. The van der Waals surface area contributed by atoms with Crippen molar-refractivity contribution in [1.29, 1.82) is 0 Å². The summed E-state index contributed by atoms with van der Waals surface area (Å²) in [5.74, 6) is -1.65. The van der Waals surface area contributed by atoms with Gasteiger partial charge in [-0.3, -0.25) is 9.59 Å². The summed E-state index contributed by atoms with van der Waals surface area (Å²) < 4.78 is 23.0. The quantitative estimate of drug-likeness (QED) is 0.327. The molecule has 198 valence electrons. The van der Waals surface area contributed by atoms with Crippen LogP contribution in [0.25, 0.3) is 0 Å². The van der Waals surface area contributed by atoms with Gasteiger partial charge in [-0.25, -0.2) is 14.1 Å². The molecule has 0 fully saturated rings. The standard InChI is InChI=1S/C26H24N2O10/c1-13-17(11-37-25(33)15-5-7-19(29)21(9-15)35-3)27-18(14(2)24(32)28(27)23(13)31)12-38-26(34)16-6-8-20(30)22(10-16)36-4/h5-10,29-30H,11-12H2,1-4H3. The summed E-state index contributed by atoms with van der Waals surface area (Å²) >= 11 is 0. The van der Waals surface area contributed by atoms with Gasteiger partial charge in [0.2, 0.25) is 0 Å². The summed E-state index contributed by atoms with van der Waals surface area (Å²) in [6, 6.07) is 7.86. The summed E-state index contributed by atoms with van der Waals surface area (Å²) in [5.41, 5.74) is -0.215. The van der Waals surface area contributed by atoms with Crippen LogP contribution in [0.1, 0.15) is 43.2 Å². The van der Waals surface area contributed by atoms with E-state index in [0.717, 1.165) is 4.52 Å². The maximum Gasteiger partial charge on any atom is 0.338 e. The lowest BCUT2D eigenvalue weighted by atomic mass is 10.2. The molecule has 0 unspecified atom stereocenters. The molecule has 0 bridgehead atoms. The Kier molecular flexibility index (Phi) is 6.98. The van der Waals surface area contributed by atoms with Crippen LogP contribution in [0.3, 0.4) is 0 Å². The van der Waals surface area contributed by atoms with Crippen LogP contribution < -0.4 is 20.6 Å². The summed E-state index contributed by atoms with van der Waals surface area (Å²) in [7, 11) is 2.67. The topological polar surface area (TPSA) is 154 Å². The lowest BCUT2D eigenvalue weighted by Crippen LogP contribution is -2.23. The third-order valence-corrected chi connectivity index (χ3v) is 6.11. The zero-order valence-electron chi connectivity index (χ0n) is 20.9. The molecule has 2 N–H and O–H groups in total. The van der Waals surface area contributed by atoms with Crippen molar-refractivity contribution in [1.82, 2.24) is 9.03 Å². The highest BCUT2D eigenvalue weighted by Crippen LogP contribution is 2.28. The van der Waals surface area contributed by atoms with Gasteiger partial charge in [0.1, 0.15) is 13.2 Å². The van der Waals surface area contributed by atoms with Crippen molar-refractivity contribution in [3.05, 3.63) is 90.7 Å². The van der Waals surface area contributed by atoms with Crippen LogP contribution in [0.15, 0.2) is 46.0 Å². The second kappa shape index (κ2) is 10.2. The first-order valence-electron chi connectivity index (χ1n) is 11.3. The number of nitrogens with zero attached hydrogens (tertiary/aromatic N) is 2. The molecule has 0 saturated heterocycles. The number of carbonyl (C=O) groups excluding carboxylic acids is 2. The first-order chi connectivity index (χ1) is 18.1. The first kappa shape index (κ1) is 26.1. The Labute approximate surface area is 215 Å². The van der Waals surface area contributed by atoms with E-state index in [1.54, 1.807) is 0 Å². The van der Waals surface area contributed by atoms with Gasteiger partial charge in [0.15, 0.2) is 23.0 Å². The minimum atomic E-state index is -0.755. The second-order valence-corrected chi connectivity index (χ2v) is 8.30. The Morgan fingerprint density at radius 3 is 1.47 bits per heavy atom. The molecule has 2 heterocycles.